The van der Waals surface area contributed by atoms with Crippen LogP contribution in [0.25, 0.3) is 16.9 Å². The van der Waals surface area contributed by atoms with Crippen LogP contribution in [0.3, 0.4) is 0 Å². The number of ether oxygens (including phenoxy) is 1. The Morgan fingerprint density at radius 1 is 1.02 bits per heavy atom. The van der Waals surface area contributed by atoms with Gasteiger partial charge < -0.3 is 19.9 Å². The zero-order valence-corrected chi connectivity index (χ0v) is 22.3. The fourth-order valence-corrected chi connectivity index (χ4v) is 4.40. The van der Waals surface area contributed by atoms with Crippen molar-refractivity contribution >= 4 is 29.2 Å². The third kappa shape index (κ3) is 5.78. The van der Waals surface area contributed by atoms with Gasteiger partial charge in [0.2, 0.25) is 0 Å². The number of halogens is 4. The van der Waals surface area contributed by atoms with Crippen LogP contribution in [0.15, 0.2) is 43.0 Å². The summed E-state index contributed by atoms with van der Waals surface area (Å²) in [5, 5.41) is 8.40. The van der Waals surface area contributed by atoms with Crippen molar-refractivity contribution in [3.63, 3.8) is 0 Å². The number of fused-ring (bicyclic) bond motifs is 1. The normalized spacial score (nSPS) is 14.4. The first kappa shape index (κ1) is 27.9. The Morgan fingerprint density at radius 3 is 2.39 bits per heavy atom. The molecule has 216 valence electrons. The minimum atomic E-state index is -4.65. The molecule has 4 heterocycles. The third-order valence-electron chi connectivity index (χ3n) is 6.31. The van der Waals surface area contributed by atoms with Gasteiger partial charge in [-0.05, 0) is 39.0 Å². The van der Waals surface area contributed by atoms with E-state index >= 15 is 4.39 Å². The molecule has 3 aromatic heterocycles. The minimum Gasteiger partial charge on any atom is -0.444 e. The van der Waals surface area contributed by atoms with E-state index in [2.05, 4.69) is 20.4 Å². The summed E-state index contributed by atoms with van der Waals surface area (Å²) in [6.45, 7) is 6.26. The Kier molecular flexibility index (Phi) is 7.05. The highest BCUT2D eigenvalue weighted by molar-refractivity contribution is 5.95. The molecule has 0 bridgehead atoms. The summed E-state index contributed by atoms with van der Waals surface area (Å²) in [6, 6.07) is 3.94. The number of alkyl halides is 3. The standard InChI is InChI=1S/C26H26F4N8O3/c1-25(2,3)41-24(40)37-10-8-36(9-11-37)23(39)16-5-4-15(12-18(16)27)34-21-22-32-14-19(38(22)7-6-31-21)17-13-33-35-20(17)26(28,29)30/h4-7,12-14H,8-11H2,1-3H3,(H,31,34)(H,33,35). The predicted octanol–water partition coefficient (Wildman–Crippen LogP) is 4.71. The smallest absolute Gasteiger partial charge is 0.433 e. The van der Waals surface area contributed by atoms with Crippen LogP contribution >= 0.6 is 0 Å². The Bertz CT molecular complexity index is 1600. The number of hydrogen-bond acceptors (Lipinski definition) is 7. The van der Waals surface area contributed by atoms with E-state index < -0.39 is 35.3 Å². The average Bonchev–Trinajstić information content (AvgIpc) is 3.55. The van der Waals surface area contributed by atoms with E-state index in [0.717, 1.165) is 12.3 Å². The number of H-pyrrole nitrogens is 1. The molecule has 1 aliphatic heterocycles. The van der Waals surface area contributed by atoms with Crippen molar-refractivity contribution in [3.05, 3.63) is 60.1 Å². The SMILES string of the molecule is CC(C)(C)OC(=O)N1CCN(C(=O)c2ccc(Nc3nccn4c(-c5cn[nH]c5C(F)(F)F)cnc34)cc2F)CC1. The molecule has 1 aromatic carbocycles. The fourth-order valence-electron chi connectivity index (χ4n) is 4.40. The summed E-state index contributed by atoms with van der Waals surface area (Å²) in [7, 11) is 0. The van der Waals surface area contributed by atoms with Gasteiger partial charge in [-0.15, -0.1) is 0 Å². The van der Waals surface area contributed by atoms with E-state index in [-0.39, 0.29) is 60.2 Å². The van der Waals surface area contributed by atoms with Gasteiger partial charge in [-0.25, -0.2) is 19.2 Å². The quantitative estimate of drug-likeness (QED) is 0.339. The topological polar surface area (TPSA) is 121 Å². The summed E-state index contributed by atoms with van der Waals surface area (Å²) in [5.41, 5.74) is -1.42. The van der Waals surface area contributed by atoms with Crippen LogP contribution in [0.5, 0.6) is 0 Å². The van der Waals surface area contributed by atoms with Crippen LogP contribution in [0.1, 0.15) is 36.8 Å². The maximum atomic E-state index is 15.1. The number of hydrogen-bond donors (Lipinski definition) is 2. The van der Waals surface area contributed by atoms with Gasteiger partial charge in [0.15, 0.2) is 11.5 Å². The number of imidazole rings is 1. The highest BCUT2D eigenvalue weighted by atomic mass is 19.4. The van der Waals surface area contributed by atoms with E-state index in [1.165, 1.54) is 44.9 Å². The lowest BCUT2D eigenvalue weighted by atomic mass is 10.1. The number of aromatic amines is 1. The van der Waals surface area contributed by atoms with Crippen LogP contribution in [-0.4, -0.2) is 78.1 Å². The minimum absolute atomic E-state index is 0.130. The van der Waals surface area contributed by atoms with Crippen molar-refractivity contribution < 1.29 is 31.9 Å². The van der Waals surface area contributed by atoms with Gasteiger partial charge in [-0.3, -0.25) is 14.3 Å². The molecule has 41 heavy (non-hydrogen) atoms. The summed E-state index contributed by atoms with van der Waals surface area (Å²) in [6.07, 6.45) is 0.00655. The van der Waals surface area contributed by atoms with Gasteiger partial charge in [0.25, 0.3) is 5.91 Å². The van der Waals surface area contributed by atoms with Gasteiger partial charge in [0.1, 0.15) is 17.1 Å². The lowest BCUT2D eigenvalue weighted by Gasteiger charge is -2.35. The van der Waals surface area contributed by atoms with Crippen molar-refractivity contribution in [1.82, 2.24) is 34.4 Å². The number of benzene rings is 1. The summed E-state index contributed by atoms with van der Waals surface area (Å²) < 4.78 is 62.0. The summed E-state index contributed by atoms with van der Waals surface area (Å²) in [5.74, 6) is -1.14. The lowest BCUT2D eigenvalue weighted by molar-refractivity contribution is -0.140. The zero-order chi connectivity index (χ0) is 29.5. The van der Waals surface area contributed by atoms with Gasteiger partial charge in [-0.2, -0.15) is 18.3 Å². The van der Waals surface area contributed by atoms with Crippen molar-refractivity contribution in [2.24, 2.45) is 0 Å². The van der Waals surface area contributed by atoms with Crippen LogP contribution in [0.2, 0.25) is 0 Å². The van der Waals surface area contributed by atoms with Gasteiger partial charge in [0, 0.05) is 44.3 Å². The molecule has 5 rings (SSSR count). The number of anilines is 2. The number of carbonyl (C=O) groups excluding carboxylic acids is 2. The summed E-state index contributed by atoms with van der Waals surface area (Å²) >= 11 is 0. The van der Waals surface area contributed by atoms with Crippen LogP contribution in [-0.2, 0) is 10.9 Å². The van der Waals surface area contributed by atoms with Crippen LogP contribution in [0.4, 0.5) is 33.9 Å². The fraction of sp³-hybridized carbons (Fsp3) is 0.346. The first-order valence-corrected chi connectivity index (χ1v) is 12.6. The first-order chi connectivity index (χ1) is 19.3. The number of amides is 2. The second kappa shape index (κ2) is 10.4. The molecule has 11 nitrogen and oxygen atoms in total. The highest BCUT2D eigenvalue weighted by Gasteiger charge is 2.37. The molecule has 0 radical (unpaired) electrons. The molecule has 2 amide bonds. The number of carbonyl (C=O) groups is 2. The van der Waals surface area contributed by atoms with Gasteiger partial charge >= 0.3 is 12.3 Å². The highest BCUT2D eigenvalue weighted by Crippen LogP contribution is 2.36. The van der Waals surface area contributed by atoms with Crippen molar-refractivity contribution in [3.8, 4) is 11.3 Å². The molecule has 15 heteroatoms. The lowest BCUT2D eigenvalue weighted by Crippen LogP contribution is -2.51. The van der Waals surface area contributed by atoms with Crippen LogP contribution in [0, 0.1) is 5.82 Å². The monoisotopic (exact) mass is 574 g/mol. The van der Waals surface area contributed by atoms with E-state index in [1.807, 2.05) is 5.10 Å². The molecule has 0 aliphatic carbocycles. The predicted molar refractivity (Wildman–Crippen MR) is 139 cm³/mol. The first-order valence-electron chi connectivity index (χ1n) is 12.6. The van der Waals surface area contributed by atoms with Crippen molar-refractivity contribution in [2.75, 3.05) is 31.5 Å². The second-order valence-corrected chi connectivity index (χ2v) is 10.3. The van der Waals surface area contributed by atoms with Gasteiger partial charge in [-0.1, -0.05) is 0 Å². The number of nitrogens with zero attached hydrogens (tertiary/aromatic N) is 6. The van der Waals surface area contributed by atoms with E-state index in [0.29, 0.717) is 0 Å². The molecule has 1 aliphatic rings. The maximum Gasteiger partial charge on any atom is 0.433 e. The number of piperazine rings is 1. The Hall–Kier alpha value is -4.69. The molecule has 1 saturated heterocycles. The Morgan fingerprint density at radius 2 is 1.73 bits per heavy atom. The molecule has 0 unspecified atom stereocenters. The van der Waals surface area contributed by atoms with Crippen molar-refractivity contribution in [1.29, 1.82) is 0 Å². The molecular formula is C26H26F4N8O3. The summed E-state index contributed by atoms with van der Waals surface area (Å²) in [4.78, 5) is 36.6. The Balaban J connectivity index is 1.30. The van der Waals surface area contributed by atoms with E-state index in [1.54, 1.807) is 20.8 Å². The largest absolute Gasteiger partial charge is 0.444 e. The second-order valence-electron chi connectivity index (χ2n) is 10.3. The average molecular weight is 575 g/mol. The molecule has 2 N–H and O–H groups in total. The zero-order valence-electron chi connectivity index (χ0n) is 22.3. The molecule has 1 fully saturated rings. The van der Waals surface area contributed by atoms with Crippen LogP contribution < -0.4 is 5.32 Å². The van der Waals surface area contributed by atoms with Gasteiger partial charge in [0.05, 0.1) is 29.2 Å². The number of aromatic nitrogens is 5. The molecular weight excluding hydrogens is 548 g/mol. The Labute approximate surface area is 231 Å². The van der Waals surface area contributed by atoms with E-state index in [9.17, 15) is 22.8 Å². The number of nitrogens with one attached hydrogen (secondary N) is 2. The molecule has 4 aromatic rings. The molecule has 0 spiro atoms. The maximum absolute atomic E-state index is 15.1. The third-order valence-corrected chi connectivity index (χ3v) is 6.31. The molecule has 0 atom stereocenters. The number of rotatable bonds is 4. The van der Waals surface area contributed by atoms with E-state index in [4.69, 9.17) is 4.74 Å². The van der Waals surface area contributed by atoms with Crippen molar-refractivity contribution in [2.45, 2.75) is 32.5 Å². The molecule has 0 saturated carbocycles.